The zero-order chi connectivity index (χ0) is 16.4. The Kier molecular flexibility index (Phi) is 4.39. The van der Waals surface area contributed by atoms with Crippen LogP contribution in [0.2, 0.25) is 0 Å². The average molecular weight is 315 g/mol. The lowest BCUT2D eigenvalue weighted by Gasteiger charge is -2.31. The van der Waals surface area contributed by atoms with E-state index in [0.717, 1.165) is 25.7 Å². The number of benzene rings is 1. The third-order valence-corrected chi connectivity index (χ3v) is 5.07. The highest BCUT2D eigenvalue weighted by Gasteiger charge is 2.45. The maximum absolute atomic E-state index is 12.6. The fraction of sp³-hybridized carbons (Fsp3) is 0.556. The minimum Gasteiger partial charge on any atom is -0.339 e. The summed E-state index contributed by atoms with van der Waals surface area (Å²) in [6.07, 6.45) is 7.34. The normalized spacial score (nSPS) is 19.9. The average Bonchev–Trinajstić information content (AvgIpc) is 3.34. The van der Waals surface area contributed by atoms with Gasteiger partial charge in [-0.3, -0.25) is 9.59 Å². The number of nitrogens with one attached hydrogen (secondary N) is 1. The highest BCUT2D eigenvalue weighted by Crippen LogP contribution is 2.33. The summed E-state index contributed by atoms with van der Waals surface area (Å²) >= 11 is 0. The van der Waals surface area contributed by atoms with Gasteiger partial charge in [-0.15, -0.1) is 0 Å². The van der Waals surface area contributed by atoms with E-state index in [-0.39, 0.29) is 11.8 Å². The van der Waals surface area contributed by atoms with Crippen molar-refractivity contribution in [1.29, 1.82) is 0 Å². The summed E-state index contributed by atoms with van der Waals surface area (Å²) in [6, 6.07) is 7.43. The summed E-state index contributed by atoms with van der Waals surface area (Å²) in [6.45, 7) is 0. The molecule has 2 fully saturated rings. The summed E-state index contributed by atoms with van der Waals surface area (Å²) in [5.41, 5.74) is 6.52. The van der Waals surface area contributed by atoms with Crippen molar-refractivity contribution in [3.8, 4) is 0 Å². The fourth-order valence-electron chi connectivity index (χ4n) is 3.15. The molecule has 1 aromatic rings. The summed E-state index contributed by atoms with van der Waals surface area (Å²) in [4.78, 5) is 26.4. The molecule has 0 aliphatic heterocycles. The van der Waals surface area contributed by atoms with Crippen molar-refractivity contribution in [2.75, 3.05) is 12.4 Å². The predicted molar refractivity (Wildman–Crippen MR) is 90.2 cm³/mol. The molecule has 0 aromatic heterocycles. The summed E-state index contributed by atoms with van der Waals surface area (Å²) < 4.78 is 0. The monoisotopic (exact) mass is 315 g/mol. The van der Waals surface area contributed by atoms with E-state index < -0.39 is 5.54 Å². The van der Waals surface area contributed by atoms with Crippen molar-refractivity contribution in [2.45, 2.75) is 56.5 Å². The number of carbonyl (C=O) groups is 2. The summed E-state index contributed by atoms with van der Waals surface area (Å²) in [5.74, 6) is -0.0943. The number of carbonyl (C=O) groups excluding carboxylic acids is 2. The molecule has 0 saturated heterocycles. The van der Waals surface area contributed by atoms with Gasteiger partial charge in [-0.05, 0) is 49.9 Å². The number of amides is 2. The van der Waals surface area contributed by atoms with Crippen LogP contribution in [0.1, 0.15) is 55.3 Å². The Morgan fingerprint density at radius 2 is 1.74 bits per heavy atom. The Bertz CT molecular complexity index is 587. The maximum atomic E-state index is 12.6. The van der Waals surface area contributed by atoms with Crippen LogP contribution in [0.5, 0.6) is 0 Å². The Labute approximate surface area is 137 Å². The number of nitrogens with zero attached hydrogens (tertiary/aromatic N) is 1. The topological polar surface area (TPSA) is 75.4 Å². The predicted octanol–water partition coefficient (Wildman–Crippen LogP) is 2.52. The highest BCUT2D eigenvalue weighted by atomic mass is 16.2. The minimum absolute atomic E-state index is 0.0484. The molecule has 3 N–H and O–H groups in total. The SMILES string of the molecule is CN(C(=O)c1ccc(NC(=O)C2(N)CC2)cc1)C1CCCCC1. The van der Waals surface area contributed by atoms with Crippen LogP contribution in [0, 0.1) is 0 Å². The van der Waals surface area contributed by atoms with Crippen LogP contribution in [0.4, 0.5) is 5.69 Å². The van der Waals surface area contributed by atoms with Gasteiger partial charge in [0.05, 0.1) is 5.54 Å². The van der Waals surface area contributed by atoms with E-state index in [1.165, 1.54) is 19.3 Å². The van der Waals surface area contributed by atoms with Gasteiger partial charge in [0, 0.05) is 24.3 Å². The van der Waals surface area contributed by atoms with Gasteiger partial charge in [-0.25, -0.2) is 0 Å². The molecule has 0 bridgehead atoms. The first kappa shape index (κ1) is 16.0. The lowest BCUT2D eigenvalue weighted by atomic mass is 9.94. The van der Waals surface area contributed by atoms with Crippen LogP contribution in [0.15, 0.2) is 24.3 Å². The van der Waals surface area contributed by atoms with Crippen LogP contribution >= 0.6 is 0 Å². The lowest BCUT2D eigenvalue weighted by Crippen LogP contribution is -2.38. The lowest BCUT2D eigenvalue weighted by molar-refractivity contribution is -0.118. The molecule has 5 nitrogen and oxygen atoms in total. The van der Waals surface area contributed by atoms with Crippen LogP contribution in [0.3, 0.4) is 0 Å². The van der Waals surface area contributed by atoms with E-state index in [2.05, 4.69) is 5.32 Å². The smallest absolute Gasteiger partial charge is 0.253 e. The Morgan fingerprint density at radius 1 is 1.13 bits per heavy atom. The van der Waals surface area contributed by atoms with Crippen molar-refractivity contribution >= 4 is 17.5 Å². The van der Waals surface area contributed by atoms with Crippen molar-refractivity contribution in [3.05, 3.63) is 29.8 Å². The number of anilines is 1. The summed E-state index contributed by atoms with van der Waals surface area (Å²) in [5, 5.41) is 2.81. The molecule has 2 aliphatic carbocycles. The second-order valence-corrected chi connectivity index (χ2v) is 6.90. The van der Waals surface area contributed by atoms with Gasteiger partial charge in [-0.1, -0.05) is 19.3 Å². The first-order valence-corrected chi connectivity index (χ1v) is 8.47. The van der Waals surface area contributed by atoms with Crippen molar-refractivity contribution in [1.82, 2.24) is 4.90 Å². The second-order valence-electron chi connectivity index (χ2n) is 6.90. The van der Waals surface area contributed by atoms with E-state index in [0.29, 0.717) is 17.3 Å². The van der Waals surface area contributed by atoms with Crippen molar-refractivity contribution < 1.29 is 9.59 Å². The molecule has 5 heteroatoms. The quantitative estimate of drug-likeness (QED) is 0.896. The molecule has 124 valence electrons. The molecule has 1 aromatic carbocycles. The molecule has 0 unspecified atom stereocenters. The van der Waals surface area contributed by atoms with Gasteiger partial charge in [0.15, 0.2) is 0 Å². The number of nitrogens with two attached hydrogens (primary N) is 1. The molecule has 0 radical (unpaired) electrons. The number of hydrogen-bond donors (Lipinski definition) is 2. The third kappa shape index (κ3) is 3.55. The molecule has 0 heterocycles. The Morgan fingerprint density at radius 3 is 2.30 bits per heavy atom. The molecular weight excluding hydrogens is 290 g/mol. The van der Waals surface area contributed by atoms with Gasteiger partial charge in [0.25, 0.3) is 5.91 Å². The Balaban J connectivity index is 1.61. The summed E-state index contributed by atoms with van der Waals surface area (Å²) in [7, 11) is 1.89. The molecule has 0 spiro atoms. The van der Waals surface area contributed by atoms with Crippen LogP contribution in [0.25, 0.3) is 0 Å². The van der Waals surface area contributed by atoms with E-state index in [1.54, 1.807) is 24.3 Å². The number of rotatable bonds is 4. The zero-order valence-corrected chi connectivity index (χ0v) is 13.7. The molecule has 0 atom stereocenters. The van der Waals surface area contributed by atoms with Gasteiger partial charge in [0.2, 0.25) is 5.91 Å². The standard InChI is InChI=1S/C18H25N3O2/c1-21(15-5-3-2-4-6-15)16(22)13-7-9-14(10-8-13)20-17(23)18(19)11-12-18/h7-10,15H,2-6,11-12,19H2,1H3,(H,20,23). The van der Waals surface area contributed by atoms with Crippen LogP contribution < -0.4 is 11.1 Å². The first-order valence-electron chi connectivity index (χ1n) is 8.47. The zero-order valence-electron chi connectivity index (χ0n) is 13.7. The van der Waals surface area contributed by atoms with E-state index in [1.807, 2.05) is 11.9 Å². The van der Waals surface area contributed by atoms with Crippen LogP contribution in [-0.4, -0.2) is 35.3 Å². The van der Waals surface area contributed by atoms with E-state index in [4.69, 9.17) is 5.73 Å². The second kappa shape index (κ2) is 6.32. The highest BCUT2D eigenvalue weighted by molar-refractivity contribution is 6.00. The third-order valence-electron chi connectivity index (χ3n) is 5.07. The fourth-order valence-corrected chi connectivity index (χ4v) is 3.15. The van der Waals surface area contributed by atoms with Gasteiger partial charge in [-0.2, -0.15) is 0 Å². The largest absolute Gasteiger partial charge is 0.339 e. The van der Waals surface area contributed by atoms with Gasteiger partial charge >= 0.3 is 0 Å². The molecular formula is C18H25N3O2. The molecule has 2 saturated carbocycles. The number of hydrogen-bond acceptors (Lipinski definition) is 3. The Hall–Kier alpha value is -1.88. The molecule has 23 heavy (non-hydrogen) atoms. The molecule has 2 amide bonds. The molecule has 2 aliphatic rings. The van der Waals surface area contributed by atoms with E-state index in [9.17, 15) is 9.59 Å². The van der Waals surface area contributed by atoms with Gasteiger partial charge in [0.1, 0.15) is 0 Å². The van der Waals surface area contributed by atoms with Gasteiger partial charge < -0.3 is 16.0 Å². The van der Waals surface area contributed by atoms with Crippen molar-refractivity contribution in [2.24, 2.45) is 5.73 Å². The van der Waals surface area contributed by atoms with Crippen molar-refractivity contribution in [3.63, 3.8) is 0 Å². The van der Waals surface area contributed by atoms with Crippen LogP contribution in [-0.2, 0) is 4.79 Å². The minimum atomic E-state index is -0.685. The first-order chi connectivity index (χ1) is 11.0. The maximum Gasteiger partial charge on any atom is 0.253 e. The van der Waals surface area contributed by atoms with E-state index >= 15 is 0 Å². The molecule has 3 rings (SSSR count).